The lowest BCUT2D eigenvalue weighted by Crippen LogP contribution is -2.28. The quantitative estimate of drug-likeness (QED) is 0.767. The first-order valence-electron chi connectivity index (χ1n) is 7.35. The lowest BCUT2D eigenvalue weighted by molar-refractivity contribution is 0.252. The van der Waals surface area contributed by atoms with Crippen LogP contribution >= 0.6 is 23.1 Å². The number of nitrogens with one attached hydrogen (secondary N) is 2. The highest BCUT2D eigenvalue weighted by Crippen LogP contribution is 2.26. The molecule has 0 saturated carbocycles. The molecule has 0 aliphatic rings. The van der Waals surface area contributed by atoms with Crippen LogP contribution in [0.2, 0.25) is 0 Å². The van der Waals surface area contributed by atoms with E-state index >= 15 is 0 Å². The third-order valence-electron chi connectivity index (χ3n) is 3.06. The minimum absolute atomic E-state index is 0.183. The third-order valence-corrected chi connectivity index (χ3v) is 5.03. The number of rotatable bonds is 6. The van der Waals surface area contributed by atoms with Crippen molar-refractivity contribution in [1.82, 2.24) is 10.3 Å². The molecule has 6 heteroatoms. The highest BCUT2D eigenvalue weighted by Gasteiger charge is 2.10. The van der Waals surface area contributed by atoms with Crippen LogP contribution in [0.15, 0.2) is 29.2 Å². The number of thioether (sulfide) groups is 1. The van der Waals surface area contributed by atoms with Gasteiger partial charge in [-0.1, -0.05) is 26.0 Å². The summed E-state index contributed by atoms with van der Waals surface area (Å²) in [4.78, 5) is 18.8. The molecule has 0 unspecified atom stereocenters. The normalized spacial score (nSPS) is 10.5. The number of anilines is 1. The van der Waals surface area contributed by atoms with Gasteiger partial charge >= 0.3 is 6.03 Å². The molecule has 2 N–H and O–H groups in total. The Morgan fingerprint density at radius 1 is 1.32 bits per heavy atom. The molecule has 2 rings (SSSR count). The number of amides is 2. The van der Waals surface area contributed by atoms with Gasteiger partial charge in [0.05, 0.1) is 22.9 Å². The number of carbonyl (C=O) groups is 1. The van der Waals surface area contributed by atoms with Crippen LogP contribution in [0.5, 0.6) is 0 Å². The van der Waals surface area contributed by atoms with Crippen LogP contribution in [0, 0.1) is 6.92 Å². The molecule has 4 nitrogen and oxygen atoms in total. The van der Waals surface area contributed by atoms with Gasteiger partial charge in [-0.2, -0.15) is 0 Å². The van der Waals surface area contributed by atoms with Crippen LogP contribution in [-0.2, 0) is 13.0 Å². The molecule has 0 aliphatic carbocycles. The summed E-state index contributed by atoms with van der Waals surface area (Å²) in [6.45, 7) is 6.69. The minimum Gasteiger partial charge on any atom is -0.333 e. The molecular weight excluding hydrogens is 314 g/mol. The molecule has 1 aromatic heterocycles. The molecule has 2 aromatic rings. The number of hydrogen-bond acceptors (Lipinski definition) is 4. The molecule has 0 bridgehead atoms. The average Bonchev–Trinajstić information content (AvgIpc) is 2.87. The maximum absolute atomic E-state index is 12.1. The maximum Gasteiger partial charge on any atom is 0.319 e. The molecule has 0 radical (unpaired) electrons. The predicted molar refractivity (Wildman–Crippen MR) is 94.9 cm³/mol. The molecule has 1 aromatic carbocycles. The van der Waals surface area contributed by atoms with Crippen molar-refractivity contribution in [3.8, 4) is 0 Å². The number of thiazole rings is 1. The number of hydrogen-bond donors (Lipinski definition) is 2. The van der Waals surface area contributed by atoms with Crippen molar-refractivity contribution in [1.29, 1.82) is 0 Å². The Morgan fingerprint density at radius 2 is 2.09 bits per heavy atom. The SMILES string of the molecule is CCSc1ccccc1NC(=O)NCc1sc(C)nc1CC. The second kappa shape index (κ2) is 8.19. The van der Waals surface area contributed by atoms with Crippen LogP contribution in [0.3, 0.4) is 0 Å². The van der Waals surface area contributed by atoms with E-state index in [2.05, 4.69) is 29.5 Å². The number of para-hydroxylation sites is 1. The van der Waals surface area contributed by atoms with E-state index < -0.39 is 0 Å². The fourth-order valence-corrected chi connectivity index (χ4v) is 3.83. The molecule has 0 saturated heterocycles. The third kappa shape index (κ3) is 4.48. The number of aromatic nitrogens is 1. The second-order valence-corrected chi connectivity index (χ2v) is 7.29. The fraction of sp³-hybridized carbons (Fsp3) is 0.375. The monoisotopic (exact) mass is 335 g/mol. The van der Waals surface area contributed by atoms with Crippen LogP contribution in [0.1, 0.15) is 29.4 Å². The number of carbonyl (C=O) groups excluding carboxylic acids is 1. The van der Waals surface area contributed by atoms with E-state index in [0.29, 0.717) is 6.54 Å². The molecule has 22 heavy (non-hydrogen) atoms. The van der Waals surface area contributed by atoms with Gasteiger partial charge in [0.1, 0.15) is 0 Å². The van der Waals surface area contributed by atoms with Crippen LogP contribution in [0.4, 0.5) is 10.5 Å². The number of benzene rings is 1. The molecule has 0 atom stereocenters. The highest BCUT2D eigenvalue weighted by molar-refractivity contribution is 7.99. The lowest BCUT2D eigenvalue weighted by Gasteiger charge is -2.11. The van der Waals surface area contributed by atoms with Gasteiger partial charge in [0, 0.05) is 9.77 Å². The Bertz CT molecular complexity index is 640. The van der Waals surface area contributed by atoms with Gasteiger partial charge in [-0.05, 0) is 31.2 Å². The van der Waals surface area contributed by atoms with Gasteiger partial charge < -0.3 is 10.6 Å². The zero-order chi connectivity index (χ0) is 15.9. The second-order valence-electron chi connectivity index (χ2n) is 4.69. The smallest absolute Gasteiger partial charge is 0.319 e. The van der Waals surface area contributed by atoms with Crippen molar-refractivity contribution < 1.29 is 4.79 Å². The zero-order valence-electron chi connectivity index (χ0n) is 13.1. The first-order valence-corrected chi connectivity index (χ1v) is 9.16. The van der Waals surface area contributed by atoms with Crippen LogP contribution in [-0.4, -0.2) is 16.8 Å². The van der Waals surface area contributed by atoms with Gasteiger partial charge in [-0.3, -0.25) is 0 Å². The molecule has 2 amide bonds. The van der Waals surface area contributed by atoms with Crippen LogP contribution < -0.4 is 10.6 Å². The molecule has 0 fully saturated rings. The largest absolute Gasteiger partial charge is 0.333 e. The Labute approximate surface area is 139 Å². The minimum atomic E-state index is -0.183. The Morgan fingerprint density at radius 3 is 2.82 bits per heavy atom. The van der Waals surface area contributed by atoms with Crippen molar-refractivity contribution in [3.05, 3.63) is 39.8 Å². The van der Waals surface area contributed by atoms with Gasteiger partial charge in [0.25, 0.3) is 0 Å². The average molecular weight is 335 g/mol. The van der Waals surface area contributed by atoms with Crippen molar-refractivity contribution in [2.75, 3.05) is 11.1 Å². The topological polar surface area (TPSA) is 54.0 Å². The van der Waals surface area contributed by atoms with E-state index in [0.717, 1.165) is 38.3 Å². The molecule has 1 heterocycles. The van der Waals surface area contributed by atoms with Crippen molar-refractivity contribution in [2.45, 2.75) is 38.6 Å². The highest BCUT2D eigenvalue weighted by atomic mass is 32.2. The van der Waals surface area contributed by atoms with Crippen molar-refractivity contribution in [3.63, 3.8) is 0 Å². The lowest BCUT2D eigenvalue weighted by atomic mass is 10.3. The van der Waals surface area contributed by atoms with E-state index in [1.54, 1.807) is 23.1 Å². The summed E-state index contributed by atoms with van der Waals surface area (Å²) in [6.07, 6.45) is 0.888. The van der Waals surface area contributed by atoms with E-state index in [9.17, 15) is 4.79 Å². The summed E-state index contributed by atoms with van der Waals surface area (Å²) < 4.78 is 0. The Kier molecular flexibility index (Phi) is 6.27. The number of nitrogens with zero attached hydrogens (tertiary/aromatic N) is 1. The first-order chi connectivity index (χ1) is 10.6. The van der Waals surface area contributed by atoms with Gasteiger partial charge in [0.15, 0.2) is 0 Å². The summed E-state index contributed by atoms with van der Waals surface area (Å²) in [5.74, 6) is 0.973. The number of urea groups is 1. The van der Waals surface area contributed by atoms with Crippen molar-refractivity contribution >= 4 is 34.8 Å². The summed E-state index contributed by atoms with van der Waals surface area (Å²) >= 11 is 3.36. The summed E-state index contributed by atoms with van der Waals surface area (Å²) in [5, 5.41) is 6.88. The van der Waals surface area contributed by atoms with Crippen molar-refractivity contribution in [2.24, 2.45) is 0 Å². The Hall–Kier alpha value is -1.53. The molecule has 0 spiro atoms. The van der Waals surface area contributed by atoms with E-state index in [1.807, 2.05) is 31.2 Å². The summed E-state index contributed by atoms with van der Waals surface area (Å²) in [6, 6.07) is 7.67. The summed E-state index contributed by atoms with van der Waals surface area (Å²) in [5.41, 5.74) is 1.92. The predicted octanol–water partition coefficient (Wildman–Crippen LogP) is 4.45. The fourth-order valence-electron chi connectivity index (χ4n) is 2.11. The molecular formula is C16H21N3OS2. The van der Waals surface area contributed by atoms with E-state index in [-0.39, 0.29) is 6.03 Å². The molecule has 0 aliphatic heterocycles. The maximum atomic E-state index is 12.1. The number of aryl methyl sites for hydroxylation is 2. The zero-order valence-corrected chi connectivity index (χ0v) is 14.7. The van der Waals surface area contributed by atoms with Crippen LogP contribution in [0.25, 0.3) is 0 Å². The van der Waals surface area contributed by atoms with Gasteiger partial charge in [0.2, 0.25) is 0 Å². The van der Waals surface area contributed by atoms with E-state index in [1.165, 1.54) is 0 Å². The standard InChI is InChI=1S/C16H21N3OS2/c1-4-12-15(22-11(3)18-12)10-17-16(20)19-13-8-6-7-9-14(13)21-5-2/h6-9H,4-5,10H2,1-3H3,(H2,17,19,20). The molecule has 118 valence electrons. The van der Waals surface area contributed by atoms with E-state index in [4.69, 9.17) is 0 Å². The Balaban J connectivity index is 1.96. The first kappa shape index (κ1) is 16.8. The van der Waals surface area contributed by atoms with Gasteiger partial charge in [-0.15, -0.1) is 23.1 Å². The van der Waals surface area contributed by atoms with Gasteiger partial charge in [-0.25, -0.2) is 9.78 Å². The summed E-state index contributed by atoms with van der Waals surface area (Å²) in [7, 11) is 0.